The van der Waals surface area contributed by atoms with Crippen molar-refractivity contribution < 1.29 is 64.6 Å². The minimum absolute atomic E-state index is 0.0264. The molecule has 2 atom stereocenters. The van der Waals surface area contributed by atoms with Gasteiger partial charge in [-0.3, -0.25) is 38.1 Å². The van der Waals surface area contributed by atoms with Gasteiger partial charge in [-0.15, -0.1) is 0 Å². The summed E-state index contributed by atoms with van der Waals surface area (Å²) in [5.74, 6) is -4.63. The maximum atomic E-state index is 13.5. The highest BCUT2D eigenvalue weighted by atomic mass is 19.4. The summed E-state index contributed by atoms with van der Waals surface area (Å²) < 4.78 is 86.3. The van der Waals surface area contributed by atoms with E-state index in [1.165, 1.54) is 36.2 Å². The number of nitrogens with zero attached hydrogens (tertiary/aromatic N) is 9. The van der Waals surface area contributed by atoms with Gasteiger partial charge in [0.2, 0.25) is 23.6 Å². The second-order valence-corrected chi connectivity index (χ2v) is 18.2. The number of primary amides is 2. The van der Waals surface area contributed by atoms with Crippen LogP contribution in [-0.2, 0) is 49.4 Å². The molecule has 4 aromatic heterocycles. The number of benzene rings is 2. The van der Waals surface area contributed by atoms with E-state index in [2.05, 4.69) is 30.8 Å². The summed E-state index contributed by atoms with van der Waals surface area (Å²) in [5.41, 5.74) is 8.66. The van der Waals surface area contributed by atoms with E-state index in [-0.39, 0.29) is 55.7 Å². The maximum absolute atomic E-state index is 13.5. The Balaban J connectivity index is 0.000000222. The van der Waals surface area contributed by atoms with Gasteiger partial charge in [0.05, 0.1) is 17.6 Å². The number of halogens is 6. The van der Waals surface area contributed by atoms with Crippen LogP contribution in [0, 0.1) is 0 Å². The van der Waals surface area contributed by atoms with Crippen molar-refractivity contribution in [3.05, 3.63) is 108 Å². The van der Waals surface area contributed by atoms with Crippen LogP contribution in [0.1, 0.15) is 72.4 Å². The first kappa shape index (κ1) is 54.1. The summed E-state index contributed by atoms with van der Waals surface area (Å²) in [6, 6.07) is 17.5. The van der Waals surface area contributed by atoms with Gasteiger partial charge in [0, 0.05) is 30.4 Å². The number of pyridine rings is 2. The van der Waals surface area contributed by atoms with E-state index in [4.69, 9.17) is 16.2 Å². The van der Waals surface area contributed by atoms with Crippen LogP contribution in [-0.4, -0.2) is 130 Å². The van der Waals surface area contributed by atoms with Gasteiger partial charge >= 0.3 is 18.4 Å². The minimum atomic E-state index is -4.74. The number of hydrogen-bond acceptors (Lipinski definition) is 12. The highest BCUT2D eigenvalue weighted by Crippen LogP contribution is 2.30. The van der Waals surface area contributed by atoms with Crippen LogP contribution in [0.3, 0.4) is 0 Å². The van der Waals surface area contributed by atoms with Crippen molar-refractivity contribution in [1.29, 1.82) is 0 Å². The lowest BCUT2D eigenvalue weighted by atomic mass is 10.0. The molecule has 21 nitrogen and oxygen atoms in total. The minimum Gasteiger partial charge on any atom is -0.444 e. The number of fused-ring (bicyclic) bond motifs is 2. The number of piperazine rings is 1. The Kier molecular flexibility index (Phi) is 15.8. The molecule has 396 valence electrons. The zero-order chi connectivity index (χ0) is 54.6. The van der Waals surface area contributed by atoms with Crippen LogP contribution >= 0.6 is 0 Å². The van der Waals surface area contributed by atoms with Crippen molar-refractivity contribution in [2.45, 2.75) is 83.2 Å². The summed E-state index contributed by atoms with van der Waals surface area (Å²) in [4.78, 5) is 100. The van der Waals surface area contributed by atoms with Gasteiger partial charge in [0.15, 0.2) is 11.4 Å². The normalized spacial score (nSPS) is 16.2. The van der Waals surface area contributed by atoms with Gasteiger partial charge in [0.25, 0.3) is 11.8 Å². The average Bonchev–Trinajstić information content (AvgIpc) is 3.91. The monoisotopic (exact) mass is 1050 g/mol. The summed E-state index contributed by atoms with van der Waals surface area (Å²) in [7, 11) is 0. The van der Waals surface area contributed by atoms with Crippen molar-refractivity contribution in [2.24, 2.45) is 11.5 Å². The number of amides is 7. The number of alkyl halides is 6. The number of likely N-dealkylation sites (tertiary alicyclic amines) is 1. The van der Waals surface area contributed by atoms with Gasteiger partial charge in [-0.05, 0) is 76.4 Å². The Labute approximate surface area is 422 Å². The Morgan fingerprint density at radius 1 is 0.600 bits per heavy atom. The molecular weight excluding hydrogens is 1000 g/mol. The van der Waals surface area contributed by atoms with E-state index in [0.717, 1.165) is 24.3 Å². The molecule has 0 spiro atoms. The lowest BCUT2D eigenvalue weighted by Crippen LogP contribution is -2.61. The predicted octanol–water partition coefficient (Wildman–Crippen LogP) is 5.20. The molecule has 0 aliphatic carbocycles. The topological polar surface area (TPSA) is 276 Å². The average molecular weight is 1050 g/mol. The van der Waals surface area contributed by atoms with Crippen molar-refractivity contribution in [2.75, 3.05) is 36.8 Å². The van der Waals surface area contributed by atoms with E-state index < -0.39 is 83.0 Å². The fourth-order valence-corrected chi connectivity index (χ4v) is 8.34. The second-order valence-electron chi connectivity index (χ2n) is 18.2. The molecule has 2 aliphatic rings. The SMILES string of the molecule is CC(C)(C)OC(=O)N1CCN(C(=O)Cn2nc(C(N)=O)c3ccccc32)[C@H](C(=O)Nc2cccc(C(F)(F)F)n2)C1.NC(=O)c1nn(CC(=O)N2CCCC[C@H]2C(=O)Nc2cccc(C(F)(F)F)n2)c2ccccc12. The number of para-hydroxylation sites is 2. The molecule has 6 N–H and O–H groups in total. The molecule has 6 heterocycles. The second kappa shape index (κ2) is 21.8. The van der Waals surface area contributed by atoms with Crippen LogP contribution in [0.2, 0.25) is 0 Å². The highest BCUT2D eigenvalue weighted by molar-refractivity contribution is 6.05. The van der Waals surface area contributed by atoms with Gasteiger partial charge in [-0.1, -0.05) is 48.5 Å². The van der Waals surface area contributed by atoms with Crippen molar-refractivity contribution in [3.8, 4) is 0 Å². The third-order valence-corrected chi connectivity index (χ3v) is 11.7. The number of piperidine rings is 1. The standard InChI is InChI=1S/C26H28F3N7O5.C22H21F3N6O3/c1-25(2,3)41-24(40)34-11-12-35(17(13-34)23(39)32-19-10-6-9-18(31-19)26(27,28)29)20(37)14-36-16-8-5-4-7-15(16)21(33-36)22(30)38;23-22(24,25)16-9-5-10-17(27-16)28-21(34)15-8-3-4-11-30(15)18(32)12-31-14-7-2-1-6-13(14)19(29-31)20(26)33/h4-10,17H,11-14H2,1-3H3,(H2,30,38)(H,31,32,39);1-2,5-7,9-10,15H,3-4,8,11-12H2,(H2,26,33)(H,27,28,34)/t17-;15-/m00/s1. The Hall–Kier alpha value is -8.65. The first-order chi connectivity index (χ1) is 35.3. The fraction of sp³-hybridized carbons (Fsp3) is 0.354. The number of carbonyl (C=O) groups is 7. The number of nitrogens with one attached hydrogen (secondary N) is 2. The summed E-state index contributed by atoms with van der Waals surface area (Å²) in [5, 5.41) is 14.0. The van der Waals surface area contributed by atoms with E-state index in [1.807, 2.05) is 0 Å². The molecule has 6 aromatic rings. The third-order valence-electron chi connectivity index (χ3n) is 11.7. The molecule has 2 saturated heterocycles. The molecule has 27 heteroatoms. The lowest BCUT2D eigenvalue weighted by molar-refractivity contribution is -0.142. The van der Waals surface area contributed by atoms with E-state index >= 15 is 0 Å². The number of nitrogens with two attached hydrogens (primary N) is 2. The first-order valence-corrected chi connectivity index (χ1v) is 23.1. The zero-order valence-corrected chi connectivity index (χ0v) is 40.3. The number of aromatic nitrogens is 6. The van der Waals surface area contributed by atoms with E-state index in [0.29, 0.717) is 47.6 Å². The van der Waals surface area contributed by atoms with Crippen LogP contribution in [0.15, 0.2) is 84.9 Å². The van der Waals surface area contributed by atoms with Gasteiger partial charge in [-0.25, -0.2) is 14.8 Å². The predicted molar refractivity (Wildman–Crippen MR) is 255 cm³/mol. The van der Waals surface area contributed by atoms with Gasteiger partial charge in [-0.2, -0.15) is 36.5 Å². The van der Waals surface area contributed by atoms with Crippen LogP contribution in [0.5, 0.6) is 0 Å². The lowest BCUT2D eigenvalue weighted by Gasteiger charge is -2.40. The third kappa shape index (κ3) is 12.9. The highest BCUT2D eigenvalue weighted by Gasteiger charge is 2.40. The van der Waals surface area contributed by atoms with Crippen molar-refractivity contribution in [1.82, 2.24) is 44.2 Å². The smallest absolute Gasteiger partial charge is 0.433 e. The van der Waals surface area contributed by atoms with Gasteiger partial charge in [0.1, 0.15) is 53.8 Å². The quantitative estimate of drug-likeness (QED) is 0.129. The fourth-order valence-electron chi connectivity index (χ4n) is 8.34. The number of carbonyl (C=O) groups excluding carboxylic acids is 7. The maximum Gasteiger partial charge on any atom is 0.433 e. The van der Waals surface area contributed by atoms with E-state index in [9.17, 15) is 59.9 Å². The molecule has 75 heavy (non-hydrogen) atoms. The zero-order valence-electron chi connectivity index (χ0n) is 40.3. The molecule has 0 saturated carbocycles. The number of hydrogen-bond donors (Lipinski definition) is 4. The van der Waals surface area contributed by atoms with Crippen molar-refractivity contribution in [3.63, 3.8) is 0 Å². The molecule has 2 fully saturated rings. The van der Waals surface area contributed by atoms with Crippen LogP contribution in [0.4, 0.5) is 42.8 Å². The number of rotatable bonds is 10. The molecule has 2 aliphatic heterocycles. The molecule has 0 bridgehead atoms. The first-order valence-electron chi connectivity index (χ1n) is 23.1. The Bertz CT molecular complexity index is 3170. The Morgan fingerprint density at radius 2 is 1.05 bits per heavy atom. The van der Waals surface area contributed by atoms with Crippen molar-refractivity contribution >= 4 is 75.0 Å². The molecule has 0 unspecified atom stereocenters. The molecule has 2 aromatic carbocycles. The largest absolute Gasteiger partial charge is 0.444 e. The summed E-state index contributed by atoms with van der Waals surface area (Å²) in [6.07, 6.45) is -8.41. The molecule has 7 amide bonds. The number of anilines is 2. The van der Waals surface area contributed by atoms with Crippen LogP contribution in [0.25, 0.3) is 21.8 Å². The van der Waals surface area contributed by atoms with E-state index in [1.54, 1.807) is 69.3 Å². The van der Waals surface area contributed by atoms with Crippen LogP contribution < -0.4 is 22.1 Å². The molecule has 0 radical (unpaired) electrons. The Morgan fingerprint density at radius 3 is 1.51 bits per heavy atom. The van der Waals surface area contributed by atoms with Gasteiger partial charge < -0.3 is 41.5 Å². The summed E-state index contributed by atoms with van der Waals surface area (Å²) >= 11 is 0. The molecule has 8 rings (SSSR count). The summed E-state index contributed by atoms with van der Waals surface area (Å²) in [6.45, 7) is 4.33. The number of ether oxygens (including phenoxy) is 1. The molecular formula is C48H49F6N13O8.